The van der Waals surface area contributed by atoms with Crippen molar-refractivity contribution in [2.75, 3.05) is 0 Å². The van der Waals surface area contributed by atoms with Gasteiger partial charge >= 0.3 is 0 Å². The van der Waals surface area contributed by atoms with Gasteiger partial charge in [0.05, 0.1) is 28.4 Å². The molecule has 4 aromatic rings. The average molecular weight is 465 g/mol. The van der Waals surface area contributed by atoms with Gasteiger partial charge in [0.25, 0.3) is 6.33 Å². The maximum absolute atomic E-state index is 14.8. The van der Waals surface area contributed by atoms with Gasteiger partial charge in [-0.3, -0.25) is 0 Å². The van der Waals surface area contributed by atoms with Crippen LogP contribution in [-0.2, 0) is 6.54 Å². The number of benzene rings is 2. The third-order valence-corrected chi connectivity index (χ3v) is 6.81. The lowest BCUT2D eigenvalue weighted by Gasteiger charge is -2.21. The van der Waals surface area contributed by atoms with E-state index < -0.39 is 11.6 Å². The molecule has 8 heteroatoms. The highest BCUT2D eigenvalue weighted by molar-refractivity contribution is 7.10. The lowest BCUT2D eigenvalue weighted by atomic mass is 9.87. The number of hydrogen-bond acceptors (Lipinski definition) is 4. The molecule has 0 aliphatic heterocycles. The fraction of sp³-hybridized carbons (Fsp3) is 0.280. The Bertz CT molecular complexity index is 1290. The second kappa shape index (κ2) is 9.59. The van der Waals surface area contributed by atoms with Gasteiger partial charge in [0.15, 0.2) is 0 Å². The van der Waals surface area contributed by atoms with Crippen molar-refractivity contribution in [3.05, 3.63) is 88.3 Å². The zero-order valence-corrected chi connectivity index (χ0v) is 19.4. The maximum atomic E-state index is 14.8. The topological polar surface area (TPSA) is 58.4 Å². The lowest BCUT2D eigenvalue weighted by molar-refractivity contribution is -0.717. The Hall–Kier alpha value is -3.44. The molecule has 0 amide bonds. The first-order chi connectivity index (χ1) is 15.9. The largest absolute Gasteiger partial charge is 0.265 e. The van der Waals surface area contributed by atoms with Gasteiger partial charge < -0.3 is 0 Å². The second-order valence-electron chi connectivity index (χ2n) is 8.33. The Morgan fingerprint density at radius 3 is 2.55 bits per heavy atom. The van der Waals surface area contributed by atoms with Crippen LogP contribution < -0.4 is 4.57 Å². The van der Waals surface area contributed by atoms with Crippen LogP contribution in [0.2, 0.25) is 0 Å². The summed E-state index contributed by atoms with van der Waals surface area (Å²) in [5, 5.41) is 16.2. The molecule has 2 aromatic heterocycles. The van der Waals surface area contributed by atoms with E-state index in [1.807, 2.05) is 35.3 Å². The van der Waals surface area contributed by atoms with Crippen molar-refractivity contribution in [1.82, 2.24) is 14.8 Å². The third-order valence-electron chi connectivity index (χ3n) is 5.76. The van der Waals surface area contributed by atoms with Gasteiger partial charge in [0, 0.05) is 27.9 Å². The number of halogens is 2. The van der Waals surface area contributed by atoms with Gasteiger partial charge in [-0.25, -0.2) is 18.3 Å². The smallest absolute Gasteiger partial charge is 0.241 e. The highest BCUT2D eigenvalue weighted by Crippen LogP contribution is 2.38. The molecule has 0 bridgehead atoms. The fourth-order valence-electron chi connectivity index (χ4n) is 3.74. The number of thiazole rings is 1. The Balaban J connectivity index is 1.68. The molecule has 0 fully saturated rings. The number of nitriles is 1. The minimum Gasteiger partial charge on any atom is -0.241 e. The first kappa shape index (κ1) is 22.7. The molecule has 0 saturated heterocycles. The molecule has 0 aliphatic rings. The monoisotopic (exact) mass is 464 g/mol. The minimum absolute atomic E-state index is 0.185. The standard InChI is InChI=1S/C25H24F2N5S/c1-16(2)31-14-29-32(15-31)12-22(21-10-20(26)8-9-23(21)27)17(3)25-30-24(13-33-25)19-6-4-18(11-28)5-7-19/h4-10,13-17,22H,12H2,1-3H3/q+1. The van der Waals surface area contributed by atoms with Crippen molar-refractivity contribution in [2.45, 2.75) is 45.2 Å². The molecule has 2 aromatic carbocycles. The molecule has 0 saturated carbocycles. The number of rotatable bonds is 7. The van der Waals surface area contributed by atoms with E-state index in [9.17, 15) is 8.78 Å². The quantitative estimate of drug-likeness (QED) is 0.334. The summed E-state index contributed by atoms with van der Waals surface area (Å²) in [7, 11) is 0. The maximum Gasteiger partial charge on any atom is 0.265 e. The predicted octanol–water partition coefficient (Wildman–Crippen LogP) is 5.61. The van der Waals surface area contributed by atoms with Crippen molar-refractivity contribution in [3.8, 4) is 17.3 Å². The molecule has 33 heavy (non-hydrogen) atoms. The molecule has 0 aliphatic carbocycles. The summed E-state index contributed by atoms with van der Waals surface area (Å²) in [5.74, 6) is -1.48. The van der Waals surface area contributed by atoms with Gasteiger partial charge in [-0.1, -0.05) is 19.1 Å². The Morgan fingerprint density at radius 2 is 1.88 bits per heavy atom. The van der Waals surface area contributed by atoms with Crippen LogP contribution in [0, 0.1) is 23.0 Å². The van der Waals surface area contributed by atoms with E-state index in [1.54, 1.807) is 23.1 Å². The molecule has 0 N–H and O–H groups in total. The van der Waals surface area contributed by atoms with E-state index in [-0.39, 0.29) is 17.9 Å². The van der Waals surface area contributed by atoms with E-state index in [4.69, 9.17) is 10.2 Å². The van der Waals surface area contributed by atoms with Gasteiger partial charge in [0.1, 0.15) is 18.2 Å². The van der Waals surface area contributed by atoms with E-state index >= 15 is 0 Å². The van der Waals surface area contributed by atoms with Crippen molar-refractivity contribution in [3.63, 3.8) is 0 Å². The summed E-state index contributed by atoms with van der Waals surface area (Å²) in [6.45, 7) is 6.47. The van der Waals surface area contributed by atoms with Gasteiger partial charge in [-0.05, 0) is 49.7 Å². The van der Waals surface area contributed by atoms with Crippen LogP contribution in [0.25, 0.3) is 11.3 Å². The van der Waals surface area contributed by atoms with E-state index in [2.05, 4.69) is 25.0 Å². The van der Waals surface area contributed by atoms with Crippen LogP contribution in [0.4, 0.5) is 8.78 Å². The minimum atomic E-state index is -0.473. The van der Waals surface area contributed by atoms with Crippen LogP contribution in [0.3, 0.4) is 0 Å². The third kappa shape index (κ3) is 4.99. The molecule has 0 radical (unpaired) electrons. The van der Waals surface area contributed by atoms with Crippen LogP contribution in [0.5, 0.6) is 0 Å². The Labute approximate surface area is 195 Å². The summed E-state index contributed by atoms with van der Waals surface area (Å²) in [6.07, 6.45) is 3.62. The molecule has 2 atom stereocenters. The zero-order chi connectivity index (χ0) is 23.5. The lowest BCUT2D eigenvalue weighted by Crippen LogP contribution is -2.33. The van der Waals surface area contributed by atoms with Crippen LogP contribution in [0.1, 0.15) is 54.8 Å². The molecule has 0 spiro atoms. The van der Waals surface area contributed by atoms with Crippen LogP contribution >= 0.6 is 11.3 Å². The predicted molar refractivity (Wildman–Crippen MR) is 123 cm³/mol. The molecule has 2 heterocycles. The van der Waals surface area contributed by atoms with Crippen molar-refractivity contribution >= 4 is 11.3 Å². The van der Waals surface area contributed by atoms with Gasteiger partial charge in [0.2, 0.25) is 6.33 Å². The highest BCUT2D eigenvalue weighted by atomic mass is 32.1. The molecular weight excluding hydrogens is 440 g/mol. The average Bonchev–Trinajstić information content (AvgIpc) is 3.49. The Morgan fingerprint density at radius 1 is 1.12 bits per heavy atom. The summed E-state index contributed by atoms with van der Waals surface area (Å²) in [4.78, 5) is 4.79. The van der Waals surface area contributed by atoms with Crippen LogP contribution in [0.15, 0.2) is 60.5 Å². The summed E-state index contributed by atoms with van der Waals surface area (Å²) >= 11 is 1.49. The SMILES string of the molecule is CC(c1nc(-c2ccc(C#N)cc2)cs1)C(Cn1c[n+](C(C)C)cn1)c1cc(F)ccc1F. The highest BCUT2D eigenvalue weighted by Gasteiger charge is 2.29. The molecule has 5 nitrogen and oxygen atoms in total. The summed E-state index contributed by atoms with van der Waals surface area (Å²) in [6, 6.07) is 13.2. The molecular formula is C25H24F2N5S+. The van der Waals surface area contributed by atoms with E-state index in [1.165, 1.54) is 23.5 Å². The van der Waals surface area contributed by atoms with Crippen molar-refractivity contribution in [1.29, 1.82) is 5.26 Å². The van der Waals surface area contributed by atoms with Gasteiger partial charge in [-0.15, -0.1) is 16.0 Å². The first-order valence-corrected chi connectivity index (χ1v) is 11.6. The molecule has 4 rings (SSSR count). The first-order valence-electron chi connectivity index (χ1n) is 10.7. The second-order valence-corrected chi connectivity index (χ2v) is 9.22. The molecule has 2 unspecified atom stereocenters. The molecule has 168 valence electrons. The van der Waals surface area contributed by atoms with E-state index in [0.29, 0.717) is 17.7 Å². The fourth-order valence-corrected chi connectivity index (χ4v) is 4.69. The van der Waals surface area contributed by atoms with Crippen molar-refractivity contribution in [2.24, 2.45) is 0 Å². The van der Waals surface area contributed by atoms with Gasteiger partial charge in [-0.2, -0.15) is 5.26 Å². The van der Waals surface area contributed by atoms with Crippen molar-refractivity contribution < 1.29 is 13.3 Å². The number of aromatic nitrogens is 4. The van der Waals surface area contributed by atoms with E-state index in [0.717, 1.165) is 22.3 Å². The van der Waals surface area contributed by atoms with Crippen LogP contribution in [-0.4, -0.2) is 14.8 Å². The number of hydrogen-bond donors (Lipinski definition) is 0. The Kier molecular flexibility index (Phi) is 6.61. The summed E-state index contributed by atoms with van der Waals surface area (Å²) in [5.41, 5.74) is 2.59. The number of nitrogens with zero attached hydrogens (tertiary/aromatic N) is 5. The zero-order valence-electron chi connectivity index (χ0n) is 18.6. The summed E-state index contributed by atoms with van der Waals surface area (Å²) < 4.78 is 32.6. The normalized spacial score (nSPS) is 13.1.